The Morgan fingerprint density at radius 2 is 0.821 bits per heavy atom. The molecule has 0 amide bonds. The van der Waals surface area contributed by atoms with Crippen molar-refractivity contribution >= 4 is 11.4 Å². The molecule has 0 bridgehead atoms. The van der Waals surface area contributed by atoms with Crippen molar-refractivity contribution < 1.29 is 45.2 Å². The minimum atomic E-state index is 0. The van der Waals surface area contributed by atoms with Crippen LogP contribution < -0.4 is 40.8 Å². The molecular weight excluding hydrogens is 563 g/mol. The number of aryl methyl sites for hydroxylation is 6. The molecule has 0 fully saturated rings. The standard InChI is InChI=1S/C22H33N3.2ClH.Re/c1-15-11-17(3)21(18(4)12-15)24-9-7-23-8-10-25-22-19(5)13-16(2)14-20(22)6;;;/h11-14,23-25H,7-10H2,1-6H3;2*1H;/q;;;+2/p-2. The predicted molar refractivity (Wildman–Crippen MR) is 111 cm³/mol. The molecule has 6 heteroatoms. The number of hydrogen-bond acceptors (Lipinski definition) is 3. The van der Waals surface area contributed by atoms with E-state index >= 15 is 0 Å². The number of benzene rings is 2. The number of hydrogen-bond donors (Lipinski definition) is 3. The van der Waals surface area contributed by atoms with Gasteiger partial charge in [-0.3, -0.25) is 0 Å². The van der Waals surface area contributed by atoms with Crippen molar-refractivity contribution in [3.8, 4) is 0 Å². The Labute approximate surface area is 197 Å². The molecule has 2 rings (SSSR count). The molecule has 1 radical (unpaired) electrons. The number of anilines is 2. The van der Waals surface area contributed by atoms with Crippen LogP contribution >= 0.6 is 0 Å². The van der Waals surface area contributed by atoms with Gasteiger partial charge in [-0.15, -0.1) is 0 Å². The topological polar surface area (TPSA) is 36.1 Å². The van der Waals surface area contributed by atoms with Gasteiger partial charge < -0.3 is 40.8 Å². The van der Waals surface area contributed by atoms with E-state index in [1.54, 1.807) is 0 Å². The van der Waals surface area contributed by atoms with Gasteiger partial charge in [0, 0.05) is 37.6 Å². The first-order valence-electron chi connectivity index (χ1n) is 9.22. The first-order chi connectivity index (χ1) is 11.9. The first-order valence-corrected chi connectivity index (χ1v) is 9.22. The van der Waals surface area contributed by atoms with Crippen LogP contribution in [0.4, 0.5) is 11.4 Å². The monoisotopic (exact) mass is 596 g/mol. The average Bonchev–Trinajstić information content (AvgIpc) is 2.50. The van der Waals surface area contributed by atoms with Crippen molar-refractivity contribution in [3.05, 3.63) is 57.6 Å². The van der Waals surface area contributed by atoms with Crippen molar-refractivity contribution in [1.82, 2.24) is 5.32 Å². The van der Waals surface area contributed by atoms with Gasteiger partial charge in [-0.25, -0.2) is 0 Å². The summed E-state index contributed by atoms with van der Waals surface area (Å²) in [5.74, 6) is 0. The van der Waals surface area contributed by atoms with Crippen molar-refractivity contribution in [2.24, 2.45) is 0 Å². The smallest absolute Gasteiger partial charge is 1.00 e. The Kier molecular flexibility index (Phi) is 15.0. The zero-order valence-corrected chi connectivity index (χ0v) is 22.0. The summed E-state index contributed by atoms with van der Waals surface area (Å²) in [7, 11) is 0. The van der Waals surface area contributed by atoms with Crippen LogP contribution in [0, 0.1) is 41.5 Å². The van der Waals surface area contributed by atoms with E-state index in [2.05, 4.69) is 81.8 Å². The first kappa shape index (κ1) is 29.4. The molecule has 0 aromatic heterocycles. The SMILES string of the molecule is Cc1cc(C)c(NCCNCCNc2c(C)cc(C)cc2C)c(C)c1.[Cl-].[Cl-].[Re+2]. The van der Waals surface area contributed by atoms with E-state index in [9.17, 15) is 0 Å². The van der Waals surface area contributed by atoms with E-state index in [4.69, 9.17) is 0 Å². The Hall–Kier alpha value is -0.758. The second kappa shape index (κ2) is 14.3. The fraction of sp³-hybridized carbons (Fsp3) is 0.455. The third-order valence-corrected chi connectivity index (χ3v) is 4.56. The summed E-state index contributed by atoms with van der Waals surface area (Å²) in [6.45, 7) is 16.8. The number of halogens is 2. The van der Waals surface area contributed by atoms with Crippen molar-refractivity contribution in [2.75, 3.05) is 36.8 Å². The van der Waals surface area contributed by atoms with Gasteiger partial charge in [-0.1, -0.05) is 35.4 Å². The van der Waals surface area contributed by atoms with E-state index < -0.39 is 0 Å². The zero-order chi connectivity index (χ0) is 18.4. The molecule has 0 spiro atoms. The molecule has 0 saturated carbocycles. The summed E-state index contributed by atoms with van der Waals surface area (Å²) in [5, 5.41) is 10.6. The summed E-state index contributed by atoms with van der Waals surface area (Å²) in [4.78, 5) is 0. The fourth-order valence-corrected chi connectivity index (χ4v) is 3.59. The van der Waals surface area contributed by atoms with Crippen LogP contribution in [0.2, 0.25) is 0 Å². The molecule has 3 nitrogen and oxygen atoms in total. The molecular formula is C22H33Cl2N3Re. The molecule has 157 valence electrons. The predicted octanol–water partition coefficient (Wildman–Crippen LogP) is -1.34. The molecule has 0 atom stereocenters. The van der Waals surface area contributed by atoms with Crippen molar-refractivity contribution in [3.63, 3.8) is 0 Å². The second-order valence-corrected chi connectivity index (χ2v) is 7.15. The maximum Gasteiger partial charge on any atom is 2.00 e. The second-order valence-electron chi connectivity index (χ2n) is 7.15. The van der Waals surface area contributed by atoms with E-state index in [-0.39, 0.29) is 45.2 Å². The van der Waals surface area contributed by atoms with E-state index in [0.29, 0.717) is 0 Å². The van der Waals surface area contributed by atoms with Gasteiger partial charge in [0.1, 0.15) is 0 Å². The van der Waals surface area contributed by atoms with Gasteiger partial charge in [-0.05, 0) is 63.8 Å². The third kappa shape index (κ3) is 8.72. The average molecular weight is 597 g/mol. The van der Waals surface area contributed by atoms with Gasteiger partial charge >= 0.3 is 20.4 Å². The minimum absolute atomic E-state index is 0. The van der Waals surface area contributed by atoms with E-state index in [1.807, 2.05) is 0 Å². The minimum Gasteiger partial charge on any atom is -1.00 e. The van der Waals surface area contributed by atoms with Gasteiger partial charge in [0.15, 0.2) is 0 Å². The van der Waals surface area contributed by atoms with Crippen LogP contribution in [0.5, 0.6) is 0 Å². The molecule has 0 aliphatic rings. The molecule has 2 aromatic rings. The van der Waals surface area contributed by atoms with E-state index in [1.165, 1.54) is 44.8 Å². The van der Waals surface area contributed by atoms with Crippen LogP contribution in [0.15, 0.2) is 24.3 Å². The van der Waals surface area contributed by atoms with Gasteiger partial charge in [-0.2, -0.15) is 0 Å². The molecule has 28 heavy (non-hydrogen) atoms. The molecule has 0 saturated heterocycles. The third-order valence-electron chi connectivity index (χ3n) is 4.56. The van der Waals surface area contributed by atoms with Crippen LogP contribution in [-0.4, -0.2) is 26.2 Å². The van der Waals surface area contributed by atoms with Crippen LogP contribution in [0.25, 0.3) is 0 Å². The maximum atomic E-state index is 3.56. The summed E-state index contributed by atoms with van der Waals surface area (Å²) in [6, 6.07) is 8.94. The quantitative estimate of drug-likeness (QED) is 0.331. The molecule has 0 aliphatic heterocycles. The Bertz CT molecular complexity index is 628. The molecule has 0 heterocycles. The Balaban J connectivity index is 0. The molecule has 2 aromatic carbocycles. The largest absolute Gasteiger partial charge is 2.00 e. The van der Waals surface area contributed by atoms with Crippen LogP contribution in [0.3, 0.4) is 0 Å². The number of nitrogens with one attached hydrogen (secondary N) is 3. The Morgan fingerprint density at radius 3 is 1.11 bits per heavy atom. The number of rotatable bonds is 8. The summed E-state index contributed by atoms with van der Waals surface area (Å²) in [5.41, 5.74) is 10.5. The van der Waals surface area contributed by atoms with Gasteiger partial charge in [0.2, 0.25) is 0 Å². The Morgan fingerprint density at radius 1 is 0.536 bits per heavy atom. The maximum absolute atomic E-state index is 3.56. The molecule has 3 N–H and O–H groups in total. The zero-order valence-electron chi connectivity index (χ0n) is 17.8. The summed E-state index contributed by atoms with van der Waals surface area (Å²) >= 11 is 0. The summed E-state index contributed by atoms with van der Waals surface area (Å²) in [6.07, 6.45) is 0. The normalized spacial score (nSPS) is 9.64. The van der Waals surface area contributed by atoms with Gasteiger partial charge in [0.05, 0.1) is 0 Å². The summed E-state index contributed by atoms with van der Waals surface area (Å²) < 4.78 is 0. The molecule has 0 unspecified atom stereocenters. The van der Waals surface area contributed by atoms with Crippen molar-refractivity contribution in [1.29, 1.82) is 0 Å². The van der Waals surface area contributed by atoms with Gasteiger partial charge in [0.25, 0.3) is 0 Å². The fourth-order valence-electron chi connectivity index (χ4n) is 3.59. The van der Waals surface area contributed by atoms with Crippen molar-refractivity contribution in [2.45, 2.75) is 41.5 Å². The van der Waals surface area contributed by atoms with Crippen LogP contribution in [0.1, 0.15) is 33.4 Å². The van der Waals surface area contributed by atoms with E-state index in [0.717, 1.165) is 26.2 Å². The van der Waals surface area contributed by atoms with Crippen LogP contribution in [-0.2, 0) is 20.4 Å². The molecule has 0 aliphatic carbocycles.